The van der Waals surface area contributed by atoms with E-state index in [4.69, 9.17) is 9.47 Å². The summed E-state index contributed by atoms with van der Waals surface area (Å²) in [5.74, 6) is 0. The molecule has 0 amide bonds. The van der Waals surface area contributed by atoms with Crippen molar-refractivity contribution in [3.63, 3.8) is 0 Å². The minimum Gasteiger partial charge on any atom is -0.396 e. The molecule has 18 heavy (non-hydrogen) atoms. The second kappa shape index (κ2) is 10.7. The third kappa shape index (κ3) is 6.69. The van der Waals surface area contributed by atoms with Gasteiger partial charge in [0.1, 0.15) is 0 Å². The van der Waals surface area contributed by atoms with E-state index in [1.165, 1.54) is 0 Å². The highest BCUT2D eigenvalue weighted by Gasteiger charge is 2.27. The zero-order chi connectivity index (χ0) is 13.9. The largest absolute Gasteiger partial charge is 0.396 e. The summed E-state index contributed by atoms with van der Waals surface area (Å²) in [6, 6.07) is 0. The molecule has 0 aromatic heterocycles. The predicted octanol–water partition coefficient (Wildman–Crippen LogP) is 1.77. The van der Waals surface area contributed by atoms with Crippen LogP contribution in [0.1, 0.15) is 33.1 Å². The maximum atomic E-state index is 9.64. The normalized spacial score (nSPS) is 12.3. The van der Waals surface area contributed by atoms with Crippen molar-refractivity contribution < 1.29 is 14.6 Å². The van der Waals surface area contributed by atoms with Gasteiger partial charge in [-0.3, -0.25) is 0 Å². The lowest BCUT2D eigenvalue weighted by atomic mass is 9.82. The summed E-state index contributed by atoms with van der Waals surface area (Å²) in [7, 11) is 3.46. The lowest BCUT2D eigenvalue weighted by Crippen LogP contribution is -2.41. The average molecular weight is 261 g/mol. The third-order valence-corrected chi connectivity index (χ3v) is 3.83. The molecule has 0 saturated heterocycles. The molecule has 0 radical (unpaired) electrons. The molecule has 0 fully saturated rings. The van der Waals surface area contributed by atoms with Gasteiger partial charge in [-0.15, -0.1) is 0 Å². The van der Waals surface area contributed by atoms with Crippen LogP contribution in [0.15, 0.2) is 0 Å². The fourth-order valence-corrected chi connectivity index (χ4v) is 2.14. The summed E-state index contributed by atoms with van der Waals surface area (Å²) >= 11 is 0. The molecule has 110 valence electrons. The van der Waals surface area contributed by atoms with E-state index in [1.54, 1.807) is 14.2 Å². The first kappa shape index (κ1) is 17.8. The quantitative estimate of drug-likeness (QED) is 0.544. The number of nitrogens with zero attached hydrogens (tertiary/aromatic N) is 1. The summed E-state index contributed by atoms with van der Waals surface area (Å²) in [6.45, 7) is 8.95. The van der Waals surface area contributed by atoms with Gasteiger partial charge < -0.3 is 19.5 Å². The Morgan fingerprint density at radius 1 is 1.00 bits per heavy atom. The van der Waals surface area contributed by atoms with Gasteiger partial charge in [-0.25, -0.2) is 0 Å². The van der Waals surface area contributed by atoms with E-state index in [2.05, 4.69) is 18.7 Å². The summed E-state index contributed by atoms with van der Waals surface area (Å²) in [4.78, 5) is 2.38. The van der Waals surface area contributed by atoms with Crippen LogP contribution in [-0.4, -0.2) is 63.7 Å². The Balaban J connectivity index is 4.33. The topological polar surface area (TPSA) is 41.9 Å². The summed E-state index contributed by atoms with van der Waals surface area (Å²) in [5.41, 5.74) is 0.0286. The molecule has 0 heterocycles. The Kier molecular flexibility index (Phi) is 10.6. The van der Waals surface area contributed by atoms with E-state index in [9.17, 15) is 5.11 Å². The molecule has 0 saturated carbocycles. The number of aliphatic hydroxyl groups is 1. The van der Waals surface area contributed by atoms with E-state index >= 15 is 0 Å². The zero-order valence-electron chi connectivity index (χ0n) is 12.6. The van der Waals surface area contributed by atoms with Gasteiger partial charge in [0.25, 0.3) is 0 Å². The van der Waals surface area contributed by atoms with Crippen LogP contribution in [0.4, 0.5) is 0 Å². The summed E-state index contributed by atoms with van der Waals surface area (Å²) in [6.07, 6.45) is 3.04. The van der Waals surface area contributed by atoms with Crippen molar-refractivity contribution in [3.8, 4) is 0 Å². The molecule has 0 aliphatic heterocycles. The minimum atomic E-state index is 0.0286. The number of methoxy groups -OCH3 is 2. The van der Waals surface area contributed by atoms with Gasteiger partial charge in [0, 0.05) is 52.5 Å². The van der Waals surface area contributed by atoms with Crippen LogP contribution in [0.2, 0.25) is 0 Å². The monoisotopic (exact) mass is 261 g/mol. The molecule has 0 unspecified atom stereocenters. The number of rotatable bonds is 12. The fraction of sp³-hybridized carbons (Fsp3) is 1.00. The van der Waals surface area contributed by atoms with E-state index in [0.29, 0.717) is 0 Å². The number of hydrogen-bond donors (Lipinski definition) is 1. The first-order chi connectivity index (χ1) is 8.67. The van der Waals surface area contributed by atoms with Crippen molar-refractivity contribution >= 4 is 0 Å². The van der Waals surface area contributed by atoms with Crippen molar-refractivity contribution in [1.29, 1.82) is 0 Å². The van der Waals surface area contributed by atoms with Crippen LogP contribution in [0.5, 0.6) is 0 Å². The SMILES string of the molecule is CCC(CC)(CO)CN(CCCOC)CCOC. The maximum absolute atomic E-state index is 9.64. The van der Waals surface area contributed by atoms with Gasteiger partial charge in [0.2, 0.25) is 0 Å². The molecular weight excluding hydrogens is 230 g/mol. The second-order valence-corrected chi connectivity index (χ2v) is 4.98. The van der Waals surface area contributed by atoms with Gasteiger partial charge in [0.15, 0.2) is 0 Å². The van der Waals surface area contributed by atoms with Crippen molar-refractivity contribution in [2.45, 2.75) is 33.1 Å². The first-order valence-electron chi connectivity index (χ1n) is 6.99. The molecule has 0 aliphatic rings. The van der Waals surface area contributed by atoms with Gasteiger partial charge in [-0.2, -0.15) is 0 Å². The highest BCUT2D eigenvalue weighted by Crippen LogP contribution is 2.26. The van der Waals surface area contributed by atoms with E-state index in [0.717, 1.165) is 52.1 Å². The fourth-order valence-electron chi connectivity index (χ4n) is 2.14. The molecule has 0 aromatic carbocycles. The lowest BCUT2D eigenvalue weighted by Gasteiger charge is -2.35. The Labute approximate surface area is 112 Å². The highest BCUT2D eigenvalue weighted by molar-refractivity contribution is 4.80. The molecule has 0 spiro atoms. The van der Waals surface area contributed by atoms with Crippen molar-refractivity contribution in [2.75, 3.05) is 53.7 Å². The predicted molar refractivity (Wildman–Crippen MR) is 74.9 cm³/mol. The molecule has 0 aromatic rings. The van der Waals surface area contributed by atoms with E-state index in [1.807, 2.05) is 0 Å². The number of hydrogen-bond acceptors (Lipinski definition) is 4. The van der Waals surface area contributed by atoms with Crippen LogP contribution >= 0.6 is 0 Å². The first-order valence-corrected chi connectivity index (χ1v) is 6.99. The van der Waals surface area contributed by atoms with Gasteiger partial charge in [-0.05, 0) is 19.3 Å². The van der Waals surface area contributed by atoms with E-state index < -0.39 is 0 Å². The van der Waals surface area contributed by atoms with Gasteiger partial charge >= 0.3 is 0 Å². The van der Waals surface area contributed by atoms with Gasteiger partial charge in [-0.1, -0.05) is 13.8 Å². The molecule has 0 aliphatic carbocycles. The van der Waals surface area contributed by atoms with Crippen molar-refractivity contribution in [3.05, 3.63) is 0 Å². The zero-order valence-corrected chi connectivity index (χ0v) is 12.6. The third-order valence-electron chi connectivity index (χ3n) is 3.83. The Morgan fingerprint density at radius 2 is 1.61 bits per heavy atom. The standard InChI is InChI=1S/C14H31NO3/c1-5-14(6-2,13-16)12-15(9-11-18-4)8-7-10-17-3/h16H,5-13H2,1-4H3. The van der Waals surface area contributed by atoms with E-state index in [-0.39, 0.29) is 12.0 Å². The summed E-state index contributed by atoms with van der Waals surface area (Å²) < 4.78 is 10.3. The number of ether oxygens (including phenoxy) is 2. The number of aliphatic hydroxyl groups excluding tert-OH is 1. The molecule has 4 nitrogen and oxygen atoms in total. The van der Waals surface area contributed by atoms with Crippen molar-refractivity contribution in [2.24, 2.45) is 5.41 Å². The second-order valence-electron chi connectivity index (χ2n) is 4.98. The highest BCUT2D eigenvalue weighted by atomic mass is 16.5. The molecular formula is C14H31NO3. The molecule has 0 rings (SSSR count). The van der Waals surface area contributed by atoms with Crippen LogP contribution in [0.25, 0.3) is 0 Å². The molecule has 4 heteroatoms. The van der Waals surface area contributed by atoms with Gasteiger partial charge in [0.05, 0.1) is 6.61 Å². The van der Waals surface area contributed by atoms with Crippen LogP contribution < -0.4 is 0 Å². The summed E-state index contributed by atoms with van der Waals surface area (Å²) in [5, 5.41) is 9.64. The van der Waals surface area contributed by atoms with Crippen LogP contribution in [-0.2, 0) is 9.47 Å². The Morgan fingerprint density at radius 3 is 2.06 bits per heavy atom. The van der Waals surface area contributed by atoms with Crippen LogP contribution in [0, 0.1) is 5.41 Å². The lowest BCUT2D eigenvalue weighted by molar-refractivity contribution is 0.0488. The Hall–Kier alpha value is -0.160. The average Bonchev–Trinajstić information content (AvgIpc) is 2.42. The smallest absolute Gasteiger partial charge is 0.0589 e. The maximum Gasteiger partial charge on any atom is 0.0589 e. The molecule has 1 N–H and O–H groups in total. The van der Waals surface area contributed by atoms with Crippen LogP contribution in [0.3, 0.4) is 0 Å². The van der Waals surface area contributed by atoms with Crippen molar-refractivity contribution in [1.82, 2.24) is 4.90 Å². The molecule has 0 atom stereocenters. The molecule has 0 bridgehead atoms. The minimum absolute atomic E-state index is 0.0286. The Bertz CT molecular complexity index is 176.